The lowest BCUT2D eigenvalue weighted by Gasteiger charge is -2.28. The van der Waals surface area contributed by atoms with Crippen LogP contribution in [0.5, 0.6) is 5.75 Å². The van der Waals surface area contributed by atoms with Crippen LogP contribution in [0.4, 0.5) is 0 Å². The van der Waals surface area contributed by atoms with Crippen LogP contribution in [0.3, 0.4) is 0 Å². The molecule has 0 bridgehead atoms. The summed E-state index contributed by atoms with van der Waals surface area (Å²) in [6, 6.07) is 8.28. The molecule has 21 heavy (non-hydrogen) atoms. The number of ether oxygens (including phenoxy) is 1. The van der Waals surface area contributed by atoms with Gasteiger partial charge in [-0.05, 0) is 49.1 Å². The molecule has 0 aromatic heterocycles. The van der Waals surface area contributed by atoms with Crippen LogP contribution in [0.2, 0.25) is 0 Å². The Morgan fingerprint density at radius 2 is 2.19 bits per heavy atom. The van der Waals surface area contributed by atoms with Gasteiger partial charge >= 0.3 is 0 Å². The summed E-state index contributed by atoms with van der Waals surface area (Å²) in [5.41, 5.74) is 6.34. The molecule has 1 saturated carbocycles. The highest BCUT2D eigenvalue weighted by Gasteiger charge is 2.39. The SMILES string of the molecule is CCC(C)c1ccccc1OCCC1CCCC1(O)CN. The fourth-order valence-corrected chi connectivity index (χ4v) is 3.36. The quantitative estimate of drug-likeness (QED) is 0.809. The maximum absolute atomic E-state index is 10.5. The topological polar surface area (TPSA) is 55.5 Å². The summed E-state index contributed by atoms with van der Waals surface area (Å²) in [6.45, 7) is 5.44. The molecule has 1 aromatic rings. The maximum atomic E-state index is 10.5. The van der Waals surface area contributed by atoms with E-state index in [1.54, 1.807) is 0 Å². The molecule has 3 nitrogen and oxygen atoms in total. The molecule has 0 spiro atoms. The predicted octanol–water partition coefficient (Wildman–Crippen LogP) is 3.46. The van der Waals surface area contributed by atoms with Crippen molar-refractivity contribution in [1.29, 1.82) is 0 Å². The van der Waals surface area contributed by atoms with Crippen LogP contribution in [-0.2, 0) is 0 Å². The summed E-state index contributed by atoms with van der Waals surface area (Å²) >= 11 is 0. The van der Waals surface area contributed by atoms with Crippen LogP contribution in [-0.4, -0.2) is 23.9 Å². The second-order valence-corrected chi connectivity index (χ2v) is 6.38. The summed E-state index contributed by atoms with van der Waals surface area (Å²) in [4.78, 5) is 0. The Bertz CT molecular complexity index is 449. The Morgan fingerprint density at radius 3 is 2.90 bits per heavy atom. The molecule has 0 aliphatic heterocycles. The molecule has 3 N–H and O–H groups in total. The molecular formula is C18H29NO2. The lowest BCUT2D eigenvalue weighted by atomic mass is 9.88. The highest BCUT2D eigenvalue weighted by atomic mass is 16.5. The van der Waals surface area contributed by atoms with E-state index in [-0.39, 0.29) is 5.92 Å². The molecule has 1 aliphatic rings. The summed E-state index contributed by atoms with van der Waals surface area (Å²) in [5, 5.41) is 10.5. The van der Waals surface area contributed by atoms with Crippen molar-refractivity contribution in [3.8, 4) is 5.75 Å². The van der Waals surface area contributed by atoms with Gasteiger partial charge in [0.15, 0.2) is 0 Å². The molecule has 0 amide bonds. The van der Waals surface area contributed by atoms with Crippen molar-refractivity contribution in [3.63, 3.8) is 0 Å². The molecule has 3 unspecified atom stereocenters. The summed E-state index contributed by atoms with van der Waals surface area (Å²) in [7, 11) is 0. The largest absolute Gasteiger partial charge is 0.493 e. The highest BCUT2D eigenvalue weighted by molar-refractivity contribution is 5.35. The molecule has 1 fully saturated rings. The van der Waals surface area contributed by atoms with Gasteiger partial charge < -0.3 is 15.6 Å². The number of nitrogens with two attached hydrogens (primary N) is 1. The minimum atomic E-state index is -0.667. The minimum Gasteiger partial charge on any atom is -0.493 e. The van der Waals surface area contributed by atoms with Crippen LogP contribution in [0.25, 0.3) is 0 Å². The molecule has 1 aromatic carbocycles. The molecule has 1 aliphatic carbocycles. The zero-order valence-electron chi connectivity index (χ0n) is 13.3. The van der Waals surface area contributed by atoms with E-state index in [1.165, 1.54) is 5.56 Å². The van der Waals surface area contributed by atoms with Gasteiger partial charge in [0.2, 0.25) is 0 Å². The lowest BCUT2D eigenvalue weighted by Crippen LogP contribution is -2.41. The summed E-state index contributed by atoms with van der Waals surface area (Å²) in [5.74, 6) is 1.77. The van der Waals surface area contributed by atoms with E-state index in [0.29, 0.717) is 19.1 Å². The number of benzene rings is 1. The molecule has 3 atom stereocenters. The zero-order chi connectivity index (χ0) is 15.3. The Labute approximate surface area is 128 Å². The highest BCUT2D eigenvalue weighted by Crippen LogP contribution is 2.37. The predicted molar refractivity (Wildman–Crippen MR) is 86.6 cm³/mol. The Hall–Kier alpha value is -1.06. The van der Waals surface area contributed by atoms with Crippen molar-refractivity contribution < 1.29 is 9.84 Å². The molecule has 118 valence electrons. The standard InChI is InChI=1S/C18H29NO2/c1-3-14(2)16-8-4-5-9-17(16)21-12-10-15-7-6-11-18(15,20)13-19/h4-5,8-9,14-15,20H,3,6-7,10-13,19H2,1-2H3. The fraction of sp³-hybridized carbons (Fsp3) is 0.667. The minimum absolute atomic E-state index is 0.276. The van der Waals surface area contributed by atoms with Crippen molar-refractivity contribution in [2.24, 2.45) is 11.7 Å². The van der Waals surface area contributed by atoms with Gasteiger partial charge in [0, 0.05) is 6.54 Å². The first-order chi connectivity index (χ1) is 10.1. The zero-order valence-corrected chi connectivity index (χ0v) is 13.3. The normalized spacial score (nSPS) is 26.8. The third-order valence-electron chi connectivity index (χ3n) is 5.06. The van der Waals surface area contributed by atoms with Gasteiger partial charge in [0.1, 0.15) is 5.75 Å². The number of hydrogen-bond donors (Lipinski definition) is 2. The van der Waals surface area contributed by atoms with Crippen molar-refractivity contribution in [2.45, 2.75) is 57.5 Å². The van der Waals surface area contributed by atoms with Gasteiger partial charge in [-0.1, -0.05) is 38.5 Å². The number of para-hydroxylation sites is 1. The van der Waals surface area contributed by atoms with Gasteiger partial charge in [-0.25, -0.2) is 0 Å². The van der Waals surface area contributed by atoms with E-state index < -0.39 is 5.60 Å². The average Bonchev–Trinajstić information content (AvgIpc) is 2.89. The first-order valence-corrected chi connectivity index (χ1v) is 8.25. The van der Waals surface area contributed by atoms with Crippen LogP contribution < -0.4 is 10.5 Å². The van der Waals surface area contributed by atoms with Gasteiger partial charge in [0.05, 0.1) is 12.2 Å². The van der Waals surface area contributed by atoms with E-state index in [4.69, 9.17) is 10.5 Å². The van der Waals surface area contributed by atoms with E-state index >= 15 is 0 Å². The van der Waals surface area contributed by atoms with Crippen molar-refractivity contribution in [2.75, 3.05) is 13.2 Å². The van der Waals surface area contributed by atoms with Gasteiger partial charge in [-0.2, -0.15) is 0 Å². The van der Waals surface area contributed by atoms with Crippen molar-refractivity contribution >= 4 is 0 Å². The van der Waals surface area contributed by atoms with Crippen LogP contribution >= 0.6 is 0 Å². The van der Waals surface area contributed by atoms with E-state index in [9.17, 15) is 5.11 Å². The second kappa shape index (κ2) is 7.28. The third-order valence-corrected chi connectivity index (χ3v) is 5.06. The Kier molecular flexibility index (Phi) is 5.65. The summed E-state index contributed by atoms with van der Waals surface area (Å²) in [6.07, 6.45) is 4.95. The van der Waals surface area contributed by atoms with Gasteiger partial charge in [-0.15, -0.1) is 0 Å². The monoisotopic (exact) mass is 291 g/mol. The van der Waals surface area contributed by atoms with Gasteiger partial charge in [0.25, 0.3) is 0 Å². The van der Waals surface area contributed by atoms with E-state index in [1.807, 2.05) is 12.1 Å². The fourth-order valence-electron chi connectivity index (χ4n) is 3.36. The first kappa shape index (κ1) is 16.3. The molecule has 0 saturated heterocycles. The molecular weight excluding hydrogens is 262 g/mol. The van der Waals surface area contributed by atoms with Crippen LogP contribution in [0.1, 0.15) is 57.4 Å². The Balaban J connectivity index is 1.92. The van der Waals surface area contributed by atoms with Crippen LogP contribution in [0, 0.1) is 5.92 Å². The van der Waals surface area contributed by atoms with Gasteiger partial charge in [-0.3, -0.25) is 0 Å². The Morgan fingerprint density at radius 1 is 1.43 bits per heavy atom. The van der Waals surface area contributed by atoms with Crippen LogP contribution in [0.15, 0.2) is 24.3 Å². The van der Waals surface area contributed by atoms with E-state index in [0.717, 1.165) is 37.9 Å². The number of aliphatic hydroxyl groups is 1. The lowest BCUT2D eigenvalue weighted by molar-refractivity contribution is 0.00350. The summed E-state index contributed by atoms with van der Waals surface area (Å²) < 4.78 is 6.01. The molecule has 3 heteroatoms. The second-order valence-electron chi connectivity index (χ2n) is 6.38. The average molecular weight is 291 g/mol. The van der Waals surface area contributed by atoms with E-state index in [2.05, 4.69) is 26.0 Å². The molecule has 2 rings (SSSR count). The maximum Gasteiger partial charge on any atom is 0.122 e. The molecule has 0 radical (unpaired) electrons. The smallest absolute Gasteiger partial charge is 0.122 e. The first-order valence-electron chi connectivity index (χ1n) is 8.25. The number of hydrogen-bond acceptors (Lipinski definition) is 3. The molecule has 0 heterocycles. The third kappa shape index (κ3) is 3.78. The van der Waals surface area contributed by atoms with Crippen molar-refractivity contribution in [3.05, 3.63) is 29.8 Å². The van der Waals surface area contributed by atoms with Crippen molar-refractivity contribution in [1.82, 2.24) is 0 Å². The number of rotatable bonds is 7.